The largest absolute Gasteiger partial charge is 0.434 e. The fourth-order valence-corrected chi connectivity index (χ4v) is 18.4. The van der Waals surface area contributed by atoms with Gasteiger partial charge in [0.25, 0.3) is 23.6 Å². The highest BCUT2D eigenvalue weighted by molar-refractivity contribution is 6.18. The molecule has 4 aliphatic rings. The van der Waals surface area contributed by atoms with Crippen molar-refractivity contribution in [3.05, 3.63) is 394 Å². The first-order chi connectivity index (χ1) is 70.3. The Morgan fingerprint density at radius 3 is 0.946 bits per heavy atom. The SMILES string of the molecule is Cc1ccc(NC(=O)c2cc(-c3cccc4c3C(C)(C)C(=O)N4c3cccnc3)cnc2C)cc1.Cc1ccc(NC(=O)c2cc(-c3cccc4c3C(C)(C)C(=O)N4c3cncc(F)c3)cnc2C(F)(F)F)cc1.Cc1ccc(NC(=O)c2cc(-c3cccc4c3C(C)(C)C(=O)N4c3ncccn3)cnc2C(F)(F)F)cc1F.Cc1ccc(NC(=O)c2cc(-c3cccc4c3C(C)(C)C(=O)N4c3ncccn3)cnc2C)cc1. The van der Waals surface area contributed by atoms with Gasteiger partial charge < -0.3 is 21.3 Å². The zero-order valence-electron chi connectivity index (χ0n) is 82.3. The van der Waals surface area contributed by atoms with Gasteiger partial charge >= 0.3 is 12.4 Å². The molecule has 0 saturated carbocycles. The summed E-state index contributed by atoms with van der Waals surface area (Å²) in [6, 6.07) is 61.4. The van der Waals surface area contributed by atoms with Crippen LogP contribution in [-0.4, -0.2) is 97.1 Å². The predicted molar refractivity (Wildman–Crippen MR) is 548 cm³/mol. The molecule has 0 bridgehead atoms. The number of nitrogens with one attached hydrogen (secondary N) is 4. The molecular formula is C114H94F8N18O8. The average molecular weight is 2000 g/mol. The van der Waals surface area contributed by atoms with Crippen LogP contribution in [0.3, 0.4) is 0 Å². The van der Waals surface area contributed by atoms with E-state index in [0.717, 1.165) is 115 Å². The lowest BCUT2D eigenvalue weighted by Crippen LogP contribution is -2.34. The van der Waals surface area contributed by atoms with Gasteiger partial charge in [0.2, 0.25) is 35.5 Å². The third-order valence-electron chi connectivity index (χ3n) is 26.0. The monoisotopic (exact) mass is 1990 g/mol. The molecule has 744 valence electrons. The summed E-state index contributed by atoms with van der Waals surface area (Å²) in [7, 11) is 0. The van der Waals surface area contributed by atoms with Crippen molar-refractivity contribution < 1.29 is 73.5 Å². The maximum Gasteiger partial charge on any atom is 0.434 e. The molecule has 0 spiro atoms. The van der Waals surface area contributed by atoms with Crippen molar-refractivity contribution in [1.82, 2.24) is 49.8 Å². The van der Waals surface area contributed by atoms with Gasteiger partial charge in [-0.15, -0.1) is 0 Å². The van der Waals surface area contributed by atoms with E-state index in [-0.39, 0.29) is 63.9 Å². The van der Waals surface area contributed by atoms with Gasteiger partial charge in [-0.3, -0.25) is 78.1 Å². The van der Waals surface area contributed by atoms with Crippen LogP contribution in [0.25, 0.3) is 44.5 Å². The molecule has 12 heterocycles. The van der Waals surface area contributed by atoms with Crippen LogP contribution in [0.4, 0.5) is 104 Å². The lowest BCUT2D eigenvalue weighted by molar-refractivity contribution is -0.142. The molecule has 26 nitrogen and oxygen atoms in total. The molecular weight excluding hydrogens is 1900 g/mol. The highest BCUT2D eigenvalue weighted by Gasteiger charge is 2.52. The Bertz CT molecular complexity index is 7770. The van der Waals surface area contributed by atoms with E-state index in [2.05, 4.69) is 71.1 Å². The second-order valence-electron chi connectivity index (χ2n) is 37.9. The Hall–Kier alpha value is -18.0. The van der Waals surface area contributed by atoms with Gasteiger partial charge in [-0.25, -0.2) is 38.5 Å². The molecule has 0 unspecified atom stereocenters. The van der Waals surface area contributed by atoms with Gasteiger partial charge in [0.05, 0.1) is 108 Å². The Kier molecular flexibility index (Phi) is 27.4. The highest BCUT2D eigenvalue weighted by atomic mass is 19.4. The number of amides is 8. The number of hydrogen-bond donors (Lipinski definition) is 4. The molecule has 16 aromatic rings. The summed E-state index contributed by atoms with van der Waals surface area (Å²) in [5.74, 6) is -4.11. The predicted octanol–water partition coefficient (Wildman–Crippen LogP) is 24.4. The van der Waals surface area contributed by atoms with Crippen LogP contribution >= 0.6 is 0 Å². The highest BCUT2D eigenvalue weighted by Crippen LogP contribution is 2.55. The van der Waals surface area contributed by atoms with E-state index in [0.29, 0.717) is 73.3 Å². The fourth-order valence-electron chi connectivity index (χ4n) is 18.4. The van der Waals surface area contributed by atoms with E-state index in [4.69, 9.17) is 0 Å². The third kappa shape index (κ3) is 19.8. The quantitative estimate of drug-likeness (QED) is 0.0653. The molecule has 4 N–H and O–H groups in total. The van der Waals surface area contributed by atoms with E-state index in [9.17, 15) is 73.5 Å². The van der Waals surface area contributed by atoms with Crippen LogP contribution in [0.15, 0.2) is 293 Å². The van der Waals surface area contributed by atoms with Gasteiger partial charge in [-0.1, -0.05) is 108 Å². The van der Waals surface area contributed by atoms with Crippen molar-refractivity contribution in [1.29, 1.82) is 0 Å². The van der Waals surface area contributed by atoms with Crippen molar-refractivity contribution in [3.63, 3.8) is 0 Å². The second-order valence-corrected chi connectivity index (χ2v) is 37.9. The number of aromatic nitrogens is 10. The number of alkyl halides is 6. The molecule has 8 aromatic carbocycles. The number of aryl methyl sites for hydroxylation is 6. The lowest BCUT2D eigenvalue weighted by atomic mass is 9.81. The Morgan fingerprint density at radius 2 is 0.608 bits per heavy atom. The molecule has 34 heteroatoms. The maximum absolute atomic E-state index is 14.0. The number of fused-ring (bicyclic) bond motifs is 4. The topological polar surface area (TPSA) is 327 Å². The van der Waals surface area contributed by atoms with Crippen LogP contribution in [-0.2, 0) is 53.2 Å². The Balaban J connectivity index is 0.000000135. The molecule has 8 aromatic heterocycles. The van der Waals surface area contributed by atoms with E-state index in [1.54, 1.807) is 147 Å². The molecule has 0 aliphatic carbocycles. The summed E-state index contributed by atoms with van der Waals surface area (Å²) < 4.78 is 111. The standard InChI is InChI=1S/C29H22F4N4O2.C29H26N4O2.C28H21F4N5O2.C28H25N5O2/c1-16-7-9-19(10-8-16)36-26(38)22-11-17(13-35-25(22)29(31,32)33)21-5-4-6-23-24(21)28(2,3)27(39)37(23)20-12-18(30)14-34-15-20;1-18-10-12-21(13-11-18)32-27(34)24-15-20(16-31-19(24)2)23-8-5-9-25-26(23)29(3,4)28(35)33(25)22-7-6-14-30-17-22;1-15-8-9-17(13-20(15)29)36-24(38)19-12-16(14-35-23(19)28(30,31)32)18-6-4-7-21-22(18)27(2,3)25(39)37(21)26-33-10-5-11-34-26;1-17-9-11-20(12-10-17)32-25(34)22-15-19(16-31-18(22)2)21-7-5-8-23-24(21)28(3,4)26(35)33(23)27-29-13-6-14-30-27/h4-15H,1-3H3,(H,36,38);5-17H,1-4H3,(H,32,34);4-14H,1-3H3,(H,36,38);5-16H,1-4H3,(H,32,34). The Labute approximate surface area is 845 Å². The number of hydrogen-bond acceptors (Lipinski definition) is 18. The minimum Gasteiger partial charge on any atom is -0.322 e. The molecule has 20 rings (SSSR count). The first-order valence-electron chi connectivity index (χ1n) is 46.6. The van der Waals surface area contributed by atoms with Crippen molar-refractivity contribution in [2.75, 3.05) is 40.9 Å². The molecule has 0 atom stereocenters. The zero-order chi connectivity index (χ0) is 106. The molecule has 0 fully saturated rings. The molecule has 8 amide bonds. The summed E-state index contributed by atoms with van der Waals surface area (Å²) in [4.78, 5) is 154. The van der Waals surface area contributed by atoms with Crippen LogP contribution < -0.4 is 40.9 Å². The molecule has 0 radical (unpaired) electrons. The smallest absolute Gasteiger partial charge is 0.322 e. The van der Waals surface area contributed by atoms with Crippen LogP contribution in [0.5, 0.6) is 0 Å². The summed E-state index contributed by atoms with van der Waals surface area (Å²) in [5, 5.41) is 10.7. The normalized spacial score (nSPS) is 14.2. The molecule has 148 heavy (non-hydrogen) atoms. The average Bonchev–Trinajstić information content (AvgIpc) is 1.58. The van der Waals surface area contributed by atoms with E-state index in [1.165, 1.54) is 53.5 Å². The second kappa shape index (κ2) is 40.0. The number of pyridine rings is 6. The fraction of sp³-hybridized carbons (Fsp3) is 0.175. The number of carbonyl (C=O) groups excluding carboxylic acids is 8. The van der Waals surface area contributed by atoms with Crippen LogP contribution in [0.1, 0.15) is 164 Å². The van der Waals surface area contributed by atoms with E-state index < -0.39 is 80.0 Å². The van der Waals surface area contributed by atoms with E-state index in [1.807, 2.05) is 172 Å². The number of anilines is 12. The molecule has 0 saturated heterocycles. The summed E-state index contributed by atoms with van der Waals surface area (Å²) in [6.07, 6.45) is 7.73. The number of nitrogens with zero attached hydrogens (tertiary/aromatic N) is 14. The molecule has 4 aliphatic heterocycles. The summed E-state index contributed by atoms with van der Waals surface area (Å²) in [5.41, 5.74) is 10.2. The first kappa shape index (κ1) is 102. The van der Waals surface area contributed by atoms with Crippen LogP contribution in [0.2, 0.25) is 0 Å². The van der Waals surface area contributed by atoms with Gasteiger partial charge in [0, 0.05) is 107 Å². The maximum atomic E-state index is 14.0. The third-order valence-corrected chi connectivity index (χ3v) is 26.0. The minimum atomic E-state index is -4.93. The van der Waals surface area contributed by atoms with E-state index >= 15 is 0 Å². The van der Waals surface area contributed by atoms with Gasteiger partial charge in [0.1, 0.15) is 11.6 Å². The van der Waals surface area contributed by atoms with Crippen molar-refractivity contribution in [2.45, 2.75) is 131 Å². The number of benzene rings is 8. The van der Waals surface area contributed by atoms with Crippen molar-refractivity contribution >= 4 is 116 Å². The number of carbonyl (C=O) groups is 8. The minimum absolute atomic E-state index is 0.00698. The number of rotatable bonds is 16. The van der Waals surface area contributed by atoms with Gasteiger partial charge in [0.15, 0.2) is 11.4 Å². The zero-order valence-corrected chi connectivity index (χ0v) is 82.3. The lowest BCUT2D eigenvalue weighted by Gasteiger charge is -2.21. The van der Waals surface area contributed by atoms with Gasteiger partial charge in [-0.05, 0) is 268 Å². The summed E-state index contributed by atoms with van der Waals surface area (Å²) >= 11 is 0. The number of halogens is 8. The van der Waals surface area contributed by atoms with Crippen molar-refractivity contribution in [2.24, 2.45) is 0 Å². The Morgan fingerprint density at radius 1 is 0.297 bits per heavy atom. The van der Waals surface area contributed by atoms with Crippen LogP contribution in [0, 0.1) is 53.2 Å². The van der Waals surface area contributed by atoms with Crippen molar-refractivity contribution in [3.8, 4) is 44.5 Å². The summed E-state index contributed by atoms with van der Waals surface area (Å²) in [6.45, 7) is 25.4. The van der Waals surface area contributed by atoms with Gasteiger partial charge in [-0.2, -0.15) is 26.3 Å². The first-order valence-corrected chi connectivity index (χ1v) is 46.6.